The van der Waals surface area contributed by atoms with Gasteiger partial charge < -0.3 is 10.1 Å². The number of hydrogen-bond acceptors (Lipinski definition) is 4. The van der Waals surface area contributed by atoms with Crippen LogP contribution in [0.5, 0.6) is 0 Å². The van der Waals surface area contributed by atoms with Crippen LogP contribution in [0.3, 0.4) is 0 Å². The van der Waals surface area contributed by atoms with Gasteiger partial charge in [-0.15, -0.1) is 0 Å². The smallest absolute Gasteiger partial charge is 0.423 e. The van der Waals surface area contributed by atoms with Crippen molar-refractivity contribution >= 4 is 11.4 Å². The van der Waals surface area contributed by atoms with Crippen LogP contribution >= 0.6 is 0 Å². The molecule has 0 atom stereocenters. The Morgan fingerprint density at radius 1 is 1.28 bits per heavy atom. The fraction of sp³-hybridized carbons (Fsp3) is 0.429. The molecule has 1 aliphatic carbocycles. The molecule has 29 heavy (non-hydrogen) atoms. The monoisotopic (exact) mass is 410 g/mol. The summed E-state index contributed by atoms with van der Waals surface area (Å²) < 4.78 is 45.2. The number of halogens is 3. The standard InChI is InChI=1S/C21H25F3N2O3/c1-14(2)5-4-6-15(3)29-18-10-7-16(8-11-18)25-17-9-12-20(26(27)28)19(13-17)21(22,23)24/h4-6,9,12-13,16,18,25H,1,7-8,10-11H2,2-3H3/b5-4-,15-6+/t16-,18-. The maximum Gasteiger partial charge on any atom is 0.423 e. The molecule has 0 heterocycles. The number of nitrogens with zero attached hydrogens (tertiary/aromatic N) is 1. The topological polar surface area (TPSA) is 64.4 Å². The number of ether oxygens (including phenoxy) is 1. The minimum absolute atomic E-state index is 0.00927. The summed E-state index contributed by atoms with van der Waals surface area (Å²) in [6.45, 7) is 7.56. The highest BCUT2D eigenvalue weighted by atomic mass is 19.4. The number of allylic oxidation sites excluding steroid dienone is 5. The summed E-state index contributed by atoms with van der Waals surface area (Å²) in [5, 5.41) is 13.9. The number of benzene rings is 1. The van der Waals surface area contributed by atoms with Crippen LogP contribution in [0.25, 0.3) is 0 Å². The van der Waals surface area contributed by atoms with E-state index in [0.717, 1.165) is 49.1 Å². The van der Waals surface area contributed by atoms with Gasteiger partial charge in [-0.1, -0.05) is 24.3 Å². The highest BCUT2D eigenvalue weighted by Crippen LogP contribution is 2.38. The molecule has 1 aliphatic rings. The van der Waals surface area contributed by atoms with Crippen LogP contribution < -0.4 is 5.32 Å². The zero-order valence-electron chi connectivity index (χ0n) is 16.5. The average molecular weight is 410 g/mol. The Bertz CT molecular complexity index is 808. The summed E-state index contributed by atoms with van der Waals surface area (Å²) in [5.74, 6) is 0.795. The second kappa shape index (κ2) is 9.62. The van der Waals surface area contributed by atoms with E-state index < -0.39 is 22.4 Å². The van der Waals surface area contributed by atoms with Crippen molar-refractivity contribution in [3.8, 4) is 0 Å². The minimum atomic E-state index is -4.78. The normalized spacial score (nSPS) is 20.5. The van der Waals surface area contributed by atoms with Crippen LogP contribution in [0.2, 0.25) is 0 Å². The van der Waals surface area contributed by atoms with Crippen molar-refractivity contribution in [2.75, 3.05) is 5.32 Å². The Labute approximate surface area is 168 Å². The summed E-state index contributed by atoms with van der Waals surface area (Å²) in [7, 11) is 0. The second-order valence-electron chi connectivity index (χ2n) is 7.21. The van der Waals surface area contributed by atoms with Gasteiger partial charge in [0.25, 0.3) is 5.69 Å². The van der Waals surface area contributed by atoms with Crippen molar-refractivity contribution in [1.29, 1.82) is 0 Å². The van der Waals surface area contributed by atoms with Gasteiger partial charge in [-0.2, -0.15) is 13.2 Å². The molecule has 0 aliphatic heterocycles. The fourth-order valence-electron chi connectivity index (χ4n) is 3.22. The Balaban J connectivity index is 1.94. The number of nitro benzene ring substituents is 1. The van der Waals surface area contributed by atoms with E-state index in [0.29, 0.717) is 0 Å². The van der Waals surface area contributed by atoms with E-state index >= 15 is 0 Å². The average Bonchev–Trinajstić information content (AvgIpc) is 2.62. The van der Waals surface area contributed by atoms with E-state index in [1.807, 2.05) is 32.1 Å². The summed E-state index contributed by atoms with van der Waals surface area (Å²) >= 11 is 0. The lowest BCUT2D eigenvalue weighted by atomic mass is 9.92. The predicted octanol–water partition coefficient (Wildman–Crippen LogP) is 6.39. The van der Waals surface area contributed by atoms with Crippen molar-refractivity contribution in [3.63, 3.8) is 0 Å². The molecule has 0 bridgehead atoms. The van der Waals surface area contributed by atoms with Gasteiger partial charge in [-0.05, 0) is 57.7 Å². The lowest BCUT2D eigenvalue weighted by molar-refractivity contribution is -0.388. The molecule has 1 aromatic carbocycles. The molecule has 0 aromatic heterocycles. The maximum absolute atomic E-state index is 13.1. The van der Waals surface area contributed by atoms with Gasteiger partial charge >= 0.3 is 6.18 Å². The molecule has 1 fully saturated rings. The number of nitrogens with one attached hydrogen (secondary N) is 1. The third-order valence-electron chi connectivity index (χ3n) is 4.61. The molecular weight excluding hydrogens is 385 g/mol. The molecule has 1 aromatic rings. The number of hydrogen-bond donors (Lipinski definition) is 1. The fourth-order valence-corrected chi connectivity index (χ4v) is 3.22. The maximum atomic E-state index is 13.1. The van der Waals surface area contributed by atoms with Gasteiger partial charge in [0.1, 0.15) is 5.56 Å². The molecule has 0 saturated heterocycles. The molecular formula is C21H25F3N2O3. The number of nitro groups is 1. The van der Waals surface area contributed by atoms with Crippen molar-refractivity contribution in [1.82, 2.24) is 0 Å². The Morgan fingerprint density at radius 2 is 1.93 bits per heavy atom. The molecule has 0 spiro atoms. The van der Waals surface area contributed by atoms with Gasteiger partial charge in [0.2, 0.25) is 0 Å². The zero-order valence-corrected chi connectivity index (χ0v) is 16.5. The lowest BCUT2D eigenvalue weighted by Gasteiger charge is -2.30. The van der Waals surface area contributed by atoms with Gasteiger partial charge in [-0.3, -0.25) is 10.1 Å². The van der Waals surface area contributed by atoms with Crippen molar-refractivity contribution < 1.29 is 22.8 Å². The molecule has 0 unspecified atom stereocenters. The number of anilines is 1. The minimum Gasteiger partial charge on any atom is -0.495 e. The second-order valence-corrected chi connectivity index (χ2v) is 7.21. The van der Waals surface area contributed by atoms with E-state index in [2.05, 4.69) is 11.9 Å². The molecule has 0 radical (unpaired) electrons. The van der Waals surface area contributed by atoms with Crippen LogP contribution in [0, 0.1) is 10.1 Å². The Morgan fingerprint density at radius 3 is 2.48 bits per heavy atom. The summed E-state index contributed by atoms with van der Waals surface area (Å²) in [6.07, 6.45) is 3.91. The first kappa shape index (κ1) is 22.5. The van der Waals surface area contributed by atoms with E-state index in [1.165, 1.54) is 6.07 Å². The first-order chi connectivity index (χ1) is 13.6. The Hall–Kier alpha value is -2.77. The summed E-state index contributed by atoms with van der Waals surface area (Å²) in [6, 6.07) is 3.01. The lowest BCUT2D eigenvalue weighted by Crippen LogP contribution is -2.29. The van der Waals surface area contributed by atoms with E-state index in [-0.39, 0.29) is 17.8 Å². The van der Waals surface area contributed by atoms with Gasteiger partial charge in [0, 0.05) is 17.8 Å². The quantitative estimate of drug-likeness (QED) is 0.245. The first-order valence-corrected chi connectivity index (χ1v) is 9.35. The molecule has 1 N–H and O–H groups in total. The van der Waals surface area contributed by atoms with Crippen LogP contribution in [-0.2, 0) is 10.9 Å². The zero-order chi connectivity index (χ0) is 21.6. The van der Waals surface area contributed by atoms with Gasteiger partial charge in [0.05, 0.1) is 16.8 Å². The van der Waals surface area contributed by atoms with Crippen LogP contribution in [0.4, 0.5) is 24.5 Å². The van der Waals surface area contributed by atoms with E-state index in [9.17, 15) is 23.3 Å². The van der Waals surface area contributed by atoms with E-state index in [4.69, 9.17) is 4.74 Å². The summed E-state index contributed by atoms with van der Waals surface area (Å²) in [5.41, 5.74) is -1.01. The van der Waals surface area contributed by atoms with Gasteiger partial charge in [0.15, 0.2) is 0 Å². The van der Waals surface area contributed by atoms with Crippen LogP contribution in [0.15, 0.2) is 54.3 Å². The Kier molecular flexibility index (Phi) is 7.47. The number of rotatable bonds is 7. The molecule has 8 heteroatoms. The number of alkyl halides is 3. The van der Waals surface area contributed by atoms with Crippen LogP contribution in [-0.4, -0.2) is 17.1 Å². The largest absolute Gasteiger partial charge is 0.495 e. The molecule has 5 nitrogen and oxygen atoms in total. The van der Waals surface area contributed by atoms with Crippen molar-refractivity contribution in [3.05, 3.63) is 70.0 Å². The molecule has 158 valence electrons. The van der Waals surface area contributed by atoms with E-state index in [1.54, 1.807) is 0 Å². The van der Waals surface area contributed by atoms with Gasteiger partial charge in [-0.25, -0.2) is 0 Å². The third kappa shape index (κ3) is 6.96. The first-order valence-electron chi connectivity index (χ1n) is 9.35. The highest BCUT2D eigenvalue weighted by molar-refractivity contribution is 5.55. The highest BCUT2D eigenvalue weighted by Gasteiger charge is 2.38. The summed E-state index contributed by atoms with van der Waals surface area (Å²) in [4.78, 5) is 9.83. The SMILES string of the molecule is C=C(C)/C=C\C=C(/C)O[C@H]1CC[C@H](Nc2ccc([N+](=O)[O-])c(C(F)(F)F)c2)CC1. The predicted molar refractivity (Wildman–Crippen MR) is 107 cm³/mol. The van der Waals surface area contributed by atoms with Crippen molar-refractivity contribution in [2.24, 2.45) is 0 Å². The molecule has 2 rings (SSSR count). The van der Waals surface area contributed by atoms with Crippen LogP contribution in [0.1, 0.15) is 45.1 Å². The van der Waals surface area contributed by atoms with Crippen molar-refractivity contribution in [2.45, 2.75) is 57.9 Å². The molecule has 1 saturated carbocycles. The molecule has 0 amide bonds. The third-order valence-corrected chi connectivity index (χ3v) is 4.61.